The van der Waals surface area contributed by atoms with Crippen LogP contribution in [0, 0.1) is 6.92 Å². The molecule has 24 heavy (non-hydrogen) atoms. The second-order valence-electron chi connectivity index (χ2n) is 5.47. The van der Waals surface area contributed by atoms with Crippen LogP contribution in [0.5, 0.6) is 5.75 Å². The molecule has 0 aliphatic rings. The molecule has 128 valence electrons. The first-order chi connectivity index (χ1) is 11.4. The van der Waals surface area contributed by atoms with E-state index in [0.29, 0.717) is 18.0 Å². The molecule has 1 amide bonds. The van der Waals surface area contributed by atoms with Crippen LogP contribution >= 0.6 is 0 Å². The minimum absolute atomic E-state index is 0.0556. The maximum Gasteiger partial charge on any atom is 0.239 e. The summed E-state index contributed by atoms with van der Waals surface area (Å²) < 4.78 is 28.7. The number of ether oxygens (including phenoxy) is 1. The Hall–Kier alpha value is -2.34. The number of carbonyl (C=O) groups is 1. The Bertz CT molecular complexity index is 815. The van der Waals surface area contributed by atoms with E-state index in [9.17, 15) is 13.2 Å². The van der Waals surface area contributed by atoms with Crippen molar-refractivity contribution in [2.45, 2.75) is 20.5 Å². The van der Waals surface area contributed by atoms with Crippen molar-refractivity contribution in [2.24, 2.45) is 0 Å². The van der Waals surface area contributed by atoms with E-state index in [0.717, 1.165) is 11.1 Å². The topological polar surface area (TPSA) is 72.5 Å². The lowest BCUT2D eigenvalue weighted by Crippen LogP contribution is -2.23. The highest BCUT2D eigenvalue weighted by atomic mass is 32.2. The van der Waals surface area contributed by atoms with E-state index in [1.54, 1.807) is 24.3 Å². The maximum atomic E-state index is 11.8. The van der Waals surface area contributed by atoms with Crippen LogP contribution in [0.15, 0.2) is 48.5 Å². The molecule has 6 heteroatoms. The third-order valence-electron chi connectivity index (χ3n) is 3.56. The van der Waals surface area contributed by atoms with Crippen LogP contribution < -0.4 is 10.1 Å². The van der Waals surface area contributed by atoms with Crippen LogP contribution in [0.25, 0.3) is 0 Å². The van der Waals surface area contributed by atoms with Crippen molar-refractivity contribution in [1.29, 1.82) is 0 Å². The second kappa shape index (κ2) is 7.97. The van der Waals surface area contributed by atoms with Crippen molar-refractivity contribution in [3.63, 3.8) is 0 Å². The number of amides is 1. The monoisotopic (exact) mass is 347 g/mol. The van der Waals surface area contributed by atoms with Crippen molar-refractivity contribution in [3.05, 3.63) is 59.7 Å². The fourth-order valence-corrected chi connectivity index (χ4v) is 2.77. The first-order valence-corrected chi connectivity index (χ1v) is 9.49. The smallest absolute Gasteiger partial charge is 0.239 e. The van der Waals surface area contributed by atoms with E-state index < -0.39 is 21.5 Å². The molecule has 0 unspecified atom stereocenters. The van der Waals surface area contributed by atoms with Crippen molar-refractivity contribution in [2.75, 3.05) is 16.8 Å². The van der Waals surface area contributed by atoms with E-state index in [4.69, 9.17) is 4.74 Å². The minimum atomic E-state index is -3.34. The van der Waals surface area contributed by atoms with Gasteiger partial charge in [-0.05, 0) is 30.2 Å². The van der Waals surface area contributed by atoms with Gasteiger partial charge in [0.25, 0.3) is 0 Å². The van der Waals surface area contributed by atoms with Crippen LogP contribution in [0.4, 0.5) is 5.69 Å². The number of benzene rings is 2. The first kappa shape index (κ1) is 18.0. The Morgan fingerprint density at radius 3 is 2.58 bits per heavy atom. The van der Waals surface area contributed by atoms with E-state index in [1.807, 2.05) is 31.2 Å². The van der Waals surface area contributed by atoms with E-state index in [1.165, 1.54) is 6.92 Å². The van der Waals surface area contributed by atoms with Crippen LogP contribution in [0.3, 0.4) is 0 Å². The second-order valence-corrected chi connectivity index (χ2v) is 7.82. The number of sulfone groups is 1. The standard InChI is InChI=1S/C18H21NO4S/c1-3-24(21,22)13-18(20)19-16-9-6-10-17(11-16)23-12-15-8-5-4-7-14(15)2/h4-11H,3,12-13H2,1-2H3,(H,19,20). The highest BCUT2D eigenvalue weighted by Crippen LogP contribution is 2.19. The van der Waals surface area contributed by atoms with Gasteiger partial charge in [-0.25, -0.2) is 8.42 Å². The molecule has 0 aliphatic carbocycles. The van der Waals surface area contributed by atoms with Crippen LogP contribution in [0.2, 0.25) is 0 Å². The lowest BCUT2D eigenvalue weighted by molar-refractivity contribution is -0.113. The molecule has 1 N–H and O–H groups in total. The van der Waals surface area contributed by atoms with Gasteiger partial charge in [0.1, 0.15) is 18.1 Å². The van der Waals surface area contributed by atoms with E-state index in [-0.39, 0.29) is 5.75 Å². The summed E-state index contributed by atoms with van der Waals surface area (Å²) in [6.45, 7) is 3.96. The fourth-order valence-electron chi connectivity index (χ4n) is 2.10. The SMILES string of the molecule is CCS(=O)(=O)CC(=O)Nc1cccc(OCc2ccccc2C)c1. The first-order valence-electron chi connectivity index (χ1n) is 7.67. The van der Waals surface area contributed by atoms with Crippen LogP contribution in [0.1, 0.15) is 18.1 Å². The molecular weight excluding hydrogens is 326 g/mol. The summed E-state index contributed by atoms with van der Waals surface area (Å²) >= 11 is 0. The van der Waals surface area contributed by atoms with E-state index in [2.05, 4.69) is 5.32 Å². The zero-order chi connectivity index (χ0) is 17.6. The summed E-state index contributed by atoms with van der Waals surface area (Å²) in [6, 6.07) is 14.8. The number of rotatable bonds is 7. The highest BCUT2D eigenvalue weighted by molar-refractivity contribution is 7.92. The largest absolute Gasteiger partial charge is 0.489 e. The summed E-state index contributed by atoms with van der Waals surface area (Å²) in [5.41, 5.74) is 2.74. The molecule has 0 aliphatic heterocycles. The molecule has 5 nitrogen and oxygen atoms in total. The van der Waals surface area contributed by atoms with Crippen molar-refractivity contribution in [3.8, 4) is 5.75 Å². The van der Waals surface area contributed by atoms with Gasteiger partial charge in [-0.1, -0.05) is 37.3 Å². The van der Waals surface area contributed by atoms with Gasteiger partial charge in [0, 0.05) is 17.5 Å². The molecule has 2 rings (SSSR count). The fraction of sp³-hybridized carbons (Fsp3) is 0.278. The third kappa shape index (κ3) is 5.38. The van der Waals surface area contributed by atoms with Crippen molar-refractivity contribution in [1.82, 2.24) is 0 Å². The Morgan fingerprint density at radius 2 is 1.88 bits per heavy atom. The predicted molar refractivity (Wildman–Crippen MR) is 94.9 cm³/mol. The zero-order valence-electron chi connectivity index (χ0n) is 13.8. The number of hydrogen-bond acceptors (Lipinski definition) is 4. The summed E-state index contributed by atoms with van der Waals surface area (Å²) in [5.74, 6) is -0.514. The molecule has 0 bridgehead atoms. The third-order valence-corrected chi connectivity index (χ3v) is 5.15. The molecule has 2 aromatic rings. The van der Waals surface area contributed by atoms with Gasteiger partial charge >= 0.3 is 0 Å². The molecule has 0 saturated carbocycles. The van der Waals surface area contributed by atoms with Crippen molar-refractivity contribution < 1.29 is 17.9 Å². The van der Waals surface area contributed by atoms with Crippen LogP contribution in [-0.2, 0) is 21.2 Å². The lowest BCUT2D eigenvalue weighted by Gasteiger charge is -2.10. The molecule has 2 aromatic carbocycles. The van der Waals surface area contributed by atoms with Gasteiger partial charge in [-0.2, -0.15) is 0 Å². The average molecular weight is 347 g/mol. The Labute approximate surface area is 142 Å². The summed E-state index contributed by atoms with van der Waals surface area (Å²) in [7, 11) is -3.34. The molecular formula is C18H21NO4S. The summed E-state index contributed by atoms with van der Waals surface area (Å²) in [6.07, 6.45) is 0. The zero-order valence-corrected chi connectivity index (χ0v) is 14.6. The normalized spacial score (nSPS) is 11.1. The van der Waals surface area contributed by atoms with Gasteiger partial charge in [0.15, 0.2) is 9.84 Å². The Kier molecular flexibility index (Phi) is 5.98. The lowest BCUT2D eigenvalue weighted by atomic mass is 10.1. The van der Waals surface area contributed by atoms with Crippen molar-refractivity contribution >= 4 is 21.4 Å². The van der Waals surface area contributed by atoms with Gasteiger partial charge in [0.05, 0.1) is 0 Å². The average Bonchev–Trinajstić information content (AvgIpc) is 2.54. The number of hydrogen-bond donors (Lipinski definition) is 1. The van der Waals surface area contributed by atoms with Crippen LogP contribution in [-0.4, -0.2) is 25.8 Å². The number of nitrogens with one attached hydrogen (secondary N) is 1. The predicted octanol–water partition coefficient (Wildman–Crippen LogP) is 2.95. The molecule has 0 atom stereocenters. The van der Waals surface area contributed by atoms with Gasteiger partial charge in [-0.15, -0.1) is 0 Å². The summed E-state index contributed by atoms with van der Waals surface area (Å²) in [4.78, 5) is 11.8. The minimum Gasteiger partial charge on any atom is -0.489 e. The van der Waals surface area contributed by atoms with E-state index >= 15 is 0 Å². The molecule has 0 spiro atoms. The number of carbonyl (C=O) groups excluding carboxylic acids is 1. The van der Waals surface area contributed by atoms with Gasteiger partial charge in [-0.3, -0.25) is 4.79 Å². The Balaban J connectivity index is 1.99. The molecule has 0 saturated heterocycles. The number of anilines is 1. The summed E-state index contributed by atoms with van der Waals surface area (Å²) in [5, 5.41) is 2.58. The van der Waals surface area contributed by atoms with Gasteiger partial charge < -0.3 is 10.1 Å². The molecule has 0 aromatic heterocycles. The van der Waals surface area contributed by atoms with Gasteiger partial charge in [0.2, 0.25) is 5.91 Å². The number of aryl methyl sites for hydroxylation is 1. The molecule has 0 heterocycles. The molecule has 0 radical (unpaired) electrons. The Morgan fingerprint density at radius 1 is 1.12 bits per heavy atom. The maximum absolute atomic E-state index is 11.8. The highest BCUT2D eigenvalue weighted by Gasteiger charge is 2.14. The quantitative estimate of drug-likeness (QED) is 0.836. The molecule has 0 fully saturated rings.